The molecule has 37 heavy (non-hydrogen) atoms. The number of aryl methyl sites for hydroxylation is 1. The monoisotopic (exact) mass is 517 g/mol. The SMILES string of the molecule is CCCc1c(OCCCCN2C(=O)NC(C)(c3cccnc3)C2=O)ccc2c(C(F)(F)F)cc(=O)oc12. The van der Waals surface area contributed by atoms with Gasteiger partial charge in [0.25, 0.3) is 5.91 Å². The number of carbonyl (C=O) groups is 2. The molecular weight excluding hydrogens is 491 g/mol. The van der Waals surface area contributed by atoms with Gasteiger partial charge in [-0.2, -0.15) is 13.2 Å². The average Bonchev–Trinajstić information content (AvgIpc) is 3.08. The van der Waals surface area contributed by atoms with Crippen LogP contribution in [0.25, 0.3) is 11.0 Å². The van der Waals surface area contributed by atoms with Crippen molar-refractivity contribution < 1.29 is 31.9 Å². The number of aromatic nitrogens is 1. The van der Waals surface area contributed by atoms with Crippen LogP contribution in [-0.4, -0.2) is 35.0 Å². The van der Waals surface area contributed by atoms with Gasteiger partial charge >= 0.3 is 17.8 Å². The van der Waals surface area contributed by atoms with Crippen LogP contribution in [0.3, 0.4) is 0 Å². The van der Waals surface area contributed by atoms with Gasteiger partial charge in [0.05, 0.1) is 12.2 Å². The van der Waals surface area contributed by atoms with Crippen molar-refractivity contribution in [3.8, 4) is 5.75 Å². The van der Waals surface area contributed by atoms with E-state index in [0.717, 1.165) is 4.90 Å². The van der Waals surface area contributed by atoms with E-state index in [1.165, 1.54) is 18.3 Å². The van der Waals surface area contributed by atoms with Crippen molar-refractivity contribution in [2.75, 3.05) is 13.2 Å². The third kappa shape index (κ3) is 5.16. The molecule has 0 saturated carbocycles. The summed E-state index contributed by atoms with van der Waals surface area (Å²) in [6, 6.07) is 6.05. The first-order chi connectivity index (χ1) is 17.6. The normalized spacial score (nSPS) is 17.9. The molecule has 3 aromatic rings. The molecule has 0 spiro atoms. The van der Waals surface area contributed by atoms with Gasteiger partial charge < -0.3 is 14.5 Å². The van der Waals surface area contributed by atoms with Gasteiger partial charge in [0.15, 0.2) is 0 Å². The summed E-state index contributed by atoms with van der Waals surface area (Å²) in [6.45, 7) is 3.85. The number of fused-ring (bicyclic) bond motifs is 1. The molecule has 4 rings (SSSR count). The number of hydrogen-bond acceptors (Lipinski definition) is 6. The van der Waals surface area contributed by atoms with Gasteiger partial charge in [0, 0.05) is 41.5 Å². The maximum atomic E-state index is 13.5. The Balaban J connectivity index is 1.42. The van der Waals surface area contributed by atoms with Gasteiger partial charge in [-0.05, 0) is 44.4 Å². The number of carbonyl (C=O) groups excluding carboxylic acids is 2. The third-order valence-corrected chi connectivity index (χ3v) is 6.33. The van der Waals surface area contributed by atoms with Gasteiger partial charge in [0.2, 0.25) is 0 Å². The molecule has 2 aromatic heterocycles. The van der Waals surface area contributed by atoms with E-state index in [4.69, 9.17) is 9.15 Å². The van der Waals surface area contributed by atoms with Crippen LogP contribution in [0.2, 0.25) is 0 Å². The van der Waals surface area contributed by atoms with Crippen molar-refractivity contribution in [2.24, 2.45) is 0 Å². The van der Waals surface area contributed by atoms with Crippen molar-refractivity contribution in [1.29, 1.82) is 0 Å². The molecule has 1 aliphatic heterocycles. The summed E-state index contributed by atoms with van der Waals surface area (Å²) in [7, 11) is 0. The highest BCUT2D eigenvalue weighted by molar-refractivity contribution is 6.07. The number of imide groups is 1. The summed E-state index contributed by atoms with van der Waals surface area (Å²) >= 11 is 0. The lowest BCUT2D eigenvalue weighted by Crippen LogP contribution is -2.41. The number of rotatable bonds is 9. The second-order valence-electron chi connectivity index (χ2n) is 8.96. The second kappa shape index (κ2) is 10.2. The molecule has 1 atom stereocenters. The number of ether oxygens (including phenoxy) is 1. The minimum absolute atomic E-state index is 0.131. The molecule has 8 nitrogen and oxygen atoms in total. The van der Waals surface area contributed by atoms with Crippen LogP contribution >= 0.6 is 0 Å². The van der Waals surface area contributed by atoms with E-state index < -0.39 is 28.9 Å². The molecule has 1 N–H and O–H groups in total. The number of unbranched alkanes of at least 4 members (excludes halogenated alkanes) is 1. The quantitative estimate of drug-likeness (QED) is 0.249. The zero-order valence-corrected chi connectivity index (χ0v) is 20.4. The number of nitrogens with one attached hydrogen (secondary N) is 1. The fourth-order valence-electron chi connectivity index (χ4n) is 4.43. The van der Waals surface area contributed by atoms with E-state index in [-0.39, 0.29) is 30.0 Å². The molecule has 1 saturated heterocycles. The van der Waals surface area contributed by atoms with Crippen molar-refractivity contribution in [3.63, 3.8) is 0 Å². The van der Waals surface area contributed by atoms with E-state index in [1.807, 2.05) is 6.92 Å². The second-order valence-corrected chi connectivity index (χ2v) is 8.96. The molecule has 11 heteroatoms. The fourth-order valence-corrected chi connectivity index (χ4v) is 4.43. The molecule has 1 unspecified atom stereocenters. The van der Waals surface area contributed by atoms with Crippen LogP contribution in [0.15, 0.2) is 51.9 Å². The van der Waals surface area contributed by atoms with Gasteiger partial charge in [-0.25, -0.2) is 9.59 Å². The lowest BCUT2D eigenvalue weighted by molar-refractivity contribution is -0.136. The van der Waals surface area contributed by atoms with Crippen LogP contribution in [-0.2, 0) is 22.9 Å². The van der Waals surface area contributed by atoms with Crippen LogP contribution in [0, 0.1) is 0 Å². The zero-order chi connectivity index (χ0) is 26.8. The van der Waals surface area contributed by atoms with E-state index in [9.17, 15) is 27.6 Å². The highest BCUT2D eigenvalue weighted by Crippen LogP contribution is 2.37. The molecule has 1 aliphatic rings. The van der Waals surface area contributed by atoms with Gasteiger partial charge in [-0.15, -0.1) is 0 Å². The molecule has 3 heterocycles. The van der Waals surface area contributed by atoms with Crippen molar-refractivity contribution >= 4 is 22.9 Å². The van der Waals surface area contributed by atoms with Crippen LogP contribution in [0.4, 0.5) is 18.0 Å². The molecular formula is C26H26F3N3O5. The number of urea groups is 1. The Bertz CT molecular complexity index is 1370. The first-order valence-electron chi connectivity index (χ1n) is 11.9. The Kier molecular flexibility index (Phi) is 7.24. The molecule has 0 radical (unpaired) electrons. The Labute approximate surface area is 210 Å². The topological polar surface area (TPSA) is 102 Å². The van der Waals surface area contributed by atoms with Crippen LogP contribution in [0.5, 0.6) is 5.75 Å². The maximum absolute atomic E-state index is 13.5. The summed E-state index contributed by atoms with van der Waals surface area (Å²) in [6.07, 6.45) is 0.280. The summed E-state index contributed by atoms with van der Waals surface area (Å²) in [4.78, 5) is 42.4. The van der Waals surface area contributed by atoms with Gasteiger partial charge in [0.1, 0.15) is 16.9 Å². The summed E-state index contributed by atoms with van der Waals surface area (Å²) in [5, 5.41) is 2.53. The van der Waals surface area contributed by atoms with Gasteiger partial charge in [-0.1, -0.05) is 19.4 Å². The zero-order valence-electron chi connectivity index (χ0n) is 20.4. The number of benzene rings is 1. The maximum Gasteiger partial charge on any atom is 0.417 e. The predicted octanol–water partition coefficient (Wildman–Crippen LogP) is 4.79. The van der Waals surface area contributed by atoms with Crippen LogP contribution < -0.4 is 15.7 Å². The number of hydrogen-bond donors (Lipinski definition) is 1. The minimum Gasteiger partial charge on any atom is -0.493 e. The van der Waals surface area contributed by atoms with Crippen LogP contribution in [0.1, 0.15) is 49.8 Å². The number of nitrogens with zero attached hydrogens (tertiary/aromatic N) is 2. The van der Waals surface area contributed by atoms with Crippen molar-refractivity contribution in [3.05, 3.63) is 69.8 Å². The first-order valence-corrected chi connectivity index (χ1v) is 11.9. The largest absolute Gasteiger partial charge is 0.493 e. The number of pyridine rings is 1. The molecule has 196 valence electrons. The van der Waals surface area contributed by atoms with E-state index >= 15 is 0 Å². The highest BCUT2D eigenvalue weighted by Gasteiger charge is 2.48. The van der Waals surface area contributed by atoms with E-state index in [2.05, 4.69) is 10.3 Å². The van der Waals surface area contributed by atoms with E-state index in [1.54, 1.807) is 25.3 Å². The van der Waals surface area contributed by atoms with Crippen molar-refractivity contribution in [1.82, 2.24) is 15.2 Å². The number of alkyl halides is 3. The fraction of sp³-hybridized carbons (Fsp3) is 0.385. The Morgan fingerprint density at radius 3 is 2.62 bits per heavy atom. The smallest absolute Gasteiger partial charge is 0.417 e. The lowest BCUT2D eigenvalue weighted by Gasteiger charge is -2.21. The molecule has 3 amide bonds. The lowest BCUT2D eigenvalue weighted by atomic mass is 9.93. The third-order valence-electron chi connectivity index (χ3n) is 6.33. The summed E-state index contributed by atoms with van der Waals surface area (Å²) < 4.78 is 51.4. The Morgan fingerprint density at radius 1 is 1.16 bits per heavy atom. The summed E-state index contributed by atoms with van der Waals surface area (Å²) in [5.41, 5.74) is -2.48. The Hall–Kier alpha value is -3.89. The van der Waals surface area contributed by atoms with Gasteiger partial charge in [-0.3, -0.25) is 14.7 Å². The average molecular weight is 518 g/mol. The van der Waals surface area contributed by atoms with Crippen molar-refractivity contribution in [2.45, 2.75) is 51.2 Å². The minimum atomic E-state index is -4.70. The number of halogens is 3. The molecule has 1 aromatic carbocycles. The summed E-state index contributed by atoms with van der Waals surface area (Å²) in [5.74, 6) is -0.0438. The van der Waals surface area contributed by atoms with E-state index in [0.29, 0.717) is 48.6 Å². The predicted molar refractivity (Wildman–Crippen MR) is 128 cm³/mol. The number of amides is 3. The molecule has 1 fully saturated rings. The first kappa shape index (κ1) is 26.2. The Morgan fingerprint density at radius 2 is 1.95 bits per heavy atom. The molecule has 0 bridgehead atoms. The molecule has 0 aliphatic carbocycles. The highest BCUT2D eigenvalue weighted by atomic mass is 19.4. The standard InChI is InChI=1S/C26H26F3N3O5/c1-3-7-18-20(10-9-17-19(26(27,28)29)14-21(33)37-22(17)18)36-13-5-4-12-32-23(34)25(2,31-24(32)35)16-8-6-11-30-15-16/h6,8-11,14-15H,3-5,7,12-13H2,1-2H3,(H,31,35).